The molecule has 0 atom stereocenters. The van der Waals surface area contributed by atoms with Gasteiger partial charge in [-0.25, -0.2) is 0 Å². The van der Waals surface area contributed by atoms with E-state index in [0.29, 0.717) is 13.0 Å². The van der Waals surface area contributed by atoms with E-state index in [1.165, 1.54) is 32.1 Å². The van der Waals surface area contributed by atoms with Gasteiger partial charge in [0.25, 0.3) is 0 Å². The van der Waals surface area contributed by atoms with Crippen LogP contribution in [-0.2, 0) is 9.53 Å². The molecule has 0 N–H and O–H groups in total. The van der Waals surface area contributed by atoms with Crippen LogP contribution in [0.3, 0.4) is 0 Å². The topological polar surface area (TPSA) is 26.3 Å². The van der Waals surface area contributed by atoms with E-state index in [4.69, 9.17) is 4.74 Å². The molecule has 0 spiro atoms. The third kappa shape index (κ3) is 4.64. The van der Waals surface area contributed by atoms with Crippen molar-refractivity contribution in [1.29, 1.82) is 0 Å². The molecule has 2 heteroatoms. The normalized spacial score (nSPS) is 18.1. The number of carbonyl (C=O) groups is 1. The molecule has 0 aromatic heterocycles. The summed E-state index contributed by atoms with van der Waals surface area (Å²) >= 11 is 0. The van der Waals surface area contributed by atoms with Crippen LogP contribution in [0.15, 0.2) is 0 Å². The number of esters is 1. The summed E-state index contributed by atoms with van der Waals surface area (Å²) in [6.45, 7) is 2.61. The van der Waals surface area contributed by atoms with Gasteiger partial charge in [-0.1, -0.05) is 39.0 Å². The Morgan fingerprint density at radius 1 is 1.29 bits per heavy atom. The molecular formula is C12H22O2. The molecular weight excluding hydrogens is 176 g/mol. The second-order valence-electron chi connectivity index (χ2n) is 4.26. The fourth-order valence-corrected chi connectivity index (χ4v) is 2.09. The first-order chi connectivity index (χ1) is 6.83. The molecule has 0 unspecified atom stereocenters. The Morgan fingerprint density at radius 3 is 2.64 bits per heavy atom. The van der Waals surface area contributed by atoms with Crippen LogP contribution in [0.25, 0.3) is 0 Å². The van der Waals surface area contributed by atoms with Crippen LogP contribution in [0.4, 0.5) is 0 Å². The van der Waals surface area contributed by atoms with Crippen molar-refractivity contribution in [2.75, 3.05) is 6.61 Å². The third-order valence-electron chi connectivity index (χ3n) is 2.95. The second kappa shape index (κ2) is 6.86. The molecule has 0 aromatic carbocycles. The smallest absolute Gasteiger partial charge is 0.305 e. The first kappa shape index (κ1) is 11.5. The largest absolute Gasteiger partial charge is 0.466 e. The average molecular weight is 198 g/mol. The summed E-state index contributed by atoms with van der Waals surface area (Å²) in [5.41, 5.74) is 0. The molecule has 0 amide bonds. The van der Waals surface area contributed by atoms with Crippen LogP contribution in [0, 0.1) is 5.92 Å². The quantitative estimate of drug-likeness (QED) is 0.633. The summed E-state index contributed by atoms with van der Waals surface area (Å²) in [6, 6.07) is 0. The van der Waals surface area contributed by atoms with Crippen LogP contribution in [0.5, 0.6) is 0 Å². The van der Waals surface area contributed by atoms with Crippen LogP contribution >= 0.6 is 0 Å². The Balaban J connectivity index is 2.03. The van der Waals surface area contributed by atoms with Crippen molar-refractivity contribution < 1.29 is 9.53 Å². The predicted molar refractivity (Wildman–Crippen MR) is 57.1 cm³/mol. The summed E-state index contributed by atoms with van der Waals surface area (Å²) in [6.07, 6.45) is 9.34. The van der Waals surface area contributed by atoms with Gasteiger partial charge >= 0.3 is 5.97 Å². The van der Waals surface area contributed by atoms with Gasteiger partial charge < -0.3 is 4.74 Å². The highest BCUT2D eigenvalue weighted by Crippen LogP contribution is 2.27. The zero-order chi connectivity index (χ0) is 10.2. The van der Waals surface area contributed by atoms with Gasteiger partial charge in [-0.3, -0.25) is 4.79 Å². The number of carbonyl (C=O) groups excluding carboxylic acids is 1. The van der Waals surface area contributed by atoms with E-state index in [1.807, 2.05) is 6.92 Å². The van der Waals surface area contributed by atoms with Gasteiger partial charge in [0.2, 0.25) is 0 Å². The average Bonchev–Trinajstić information content (AvgIpc) is 2.25. The molecule has 0 aliphatic heterocycles. The molecule has 1 saturated carbocycles. The molecule has 0 heterocycles. The molecule has 1 aliphatic rings. The van der Waals surface area contributed by atoms with Crippen molar-refractivity contribution in [3.8, 4) is 0 Å². The number of hydrogen-bond donors (Lipinski definition) is 0. The fourth-order valence-electron chi connectivity index (χ4n) is 2.09. The minimum Gasteiger partial charge on any atom is -0.466 e. The molecule has 1 aliphatic carbocycles. The van der Waals surface area contributed by atoms with Gasteiger partial charge in [-0.05, 0) is 18.8 Å². The minimum atomic E-state index is -0.00239. The van der Waals surface area contributed by atoms with Crippen molar-refractivity contribution in [3.05, 3.63) is 0 Å². The molecule has 14 heavy (non-hydrogen) atoms. The van der Waals surface area contributed by atoms with Crippen LogP contribution in [0.1, 0.15) is 58.3 Å². The maximum absolute atomic E-state index is 11.2. The summed E-state index contributed by atoms with van der Waals surface area (Å²) in [4.78, 5) is 11.2. The first-order valence-corrected chi connectivity index (χ1v) is 5.98. The van der Waals surface area contributed by atoms with E-state index in [1.54, 1.807) is 0 Å². The lowest BCUT2D eigenvalue weighted by Gasteiger charge is -2.20. The van der Waals surface area contributed by atoms with Gasteiger partial charge in [-0.2, -0.15) is 0 Å². The maximum Gasteiger partial charge on any atom is 0.305 e. The number of rotatable bonds is 5. The minimum absolute atomic E-state index is 0.00239. The van der Waals surface area contributed by atoms with Crippen molar-refractivity contribution in [3.63, 3.8) is 0 Å². The molecule has 82 valence electrons. The van der Waals surface area contributed by atoms with E-state index in [9.17, 15) is 4.79 Å². The van der Waals surface area contributed by atoms with Gasteiger partial charge in [0.05, 0.1) is 6.61 Å². The highest BCUT2D eigenvalue weighted by molar-refractivity contribution is 5.69. The molecule has 0 bridgehead atoms. The Hall–Kier alpha value is -0.530. The van der Waals surface area contributed by atoms with Crippen molar-refractivity contribution >= 4 is 5.97 Å². The third-order valence-corrected chi connectivity index (χ3v) is 2.95. The van der Waals surface area contributed by atoms with Crippen molar-refractivity contribution in [2.45, 2.75) is 58.3 Å². The van der Waals surface area contributed by atoms with E-state index < -0.39 is 0 Å². The lowest BCUT2D eigenvalue weighted by molar-refractivity contribution is -0.144. The molecule has 2 nitrogen and oxygen atoms in total. The van der Waals surface area contributed by atoms with Crippen LogP contribution < -0.4 is 0 Å². The van der Waals surface area contributed by atoms with E-state index >= 15 is 0 Å². The number of ether oxygens (including phenoxy) is 1. The van der Waals surface area contributed by atoms with E-state index in [0.717, 1.165) is 18.8 Å². The zero-order valence-corrected chi connectivity index (χ0v) is 9.26. The summed E-state index contributed by atoms with van der Waals surface area (Å²) < 4.78 is 5.04. The standard InChI is InChI=1S/C12H22O2/c1-2-10-14-12(13)9-8-11-6-4-3-5-7-11/h11H,2-10H2,1H3. The fraction of sp³-hybridized carbons (Fsp3) is 0.917. The predicted octanol–water partition coefficient (Wildman–Crippen LogP) is 3.30. The van der Waals surface area contributed by atoms with Crippen molar-refractivity contribution in [2.24, 2.45) is 5.92 Å². The molecule has 0 radical (unpaired) electrons. The molecule has 1 fully saturated rings. The van der Waals surface area contributed by atoms with E-state index in [-0.39, 0.29) is 5.97 Å². The summed E-state index contributed by atoms with van der Waals surface area (Å²) in [5.74, 6) is 0.787. The second-order valence-corrected chi connectivity index (χ2v) is 4.26. The van der Waals surface area contributed by atoms with Crippen molar-refractivity contribution in [1.82, 2.24) is 0 Å². The van der Waals surface area contributed by atoms with Gasteiger partial charge in [0.1, 0.15) is 0 Å². The molecule has 1 rings (SSSR count). The number of hydrogen-bond acceptors (Lipinski definition) is 2. The molecule has 0 aromatic rings. The molecule has 0 saturated heterocycles. The first-order valence-electron chi connectivity index (χ1n) is 5.98. The van der Waals surface area contributed by atoms with E-state index in [2.05, 4.69) is 0 Å². The summed E-state index contributed by atoms with van der Waals surface area (Å²) in [5, 5.41) is 0. The Morgan fingerprint density at radius 2 is 2.00 bits per heavy atom. The SMILES string of the molecule is CCCOC(=O)CCC1CCCCC1. The lowest BCUT2D eigenvalue weighted by atomic mass is 9.86. The van der Waals surface area contributed by atoms with Crippen LogP contribution in [-0.4, -0.2) is 12.6 Å². The highest BCUT2D eigenvalue weighted by atomic mass is 16.5. The van der Waals surface area contributed by atoms with Crippen LogP contribution in [0.2, 0.25) is 0 Å². The van der Waals surface area contributed by atoms with Gasteiger partial charge in [0, 0.05) is 6.42 Å². The Labute approximate surface area is 87.0 Å². The summed E-state index contributed by atoms with van der Waals surface area (Å²) in [7, 11) is 0. The van der Waals surface area contributed by atoms with Gasteiger partial charge in [0.15, 0.2) is 0 Å². The highest BCUT2D eigenvalue weighted by Gasteiger charge is 2.14. The van der Waals surface area contributed by atoms with Gasteiger partial charge in [-0.15, -0.1) is 0 Å². The lowest BCUT2D eigenvalue weighted by Crippen LogP contribution is -2.11. The Kier molecular flexibility index (Phi) is 5.65. The Bertz CT molecular complexity index is 160. The maximum atomic E-state index is 11.2. The zero-order valence-electron chi connectivity index (χ0n) is 9.26. The monoisotopic (exact) mass is 198 g/mol.